The molecule has 1 nitrogen and oxygen atoms in total. The number of halogens is 1. The molecule has 0 aliphatic heterocycles. The first kappa shape index (κ1) is 10.6. The molecule has 0 aliphatic carbocycles. The standard InChI is InChI=1S/C10H12FN/c1-5-9(6-12)10(11)8(4)7(2)3/h5,7H,1,4H2,2-3H3/b10-9-. The molecule has 0 rings (SSSR count). The highest BCUT2D eigenvalue weighted by atomic mass is 19.1. The first-order valence-corrected chi connectivity index (χ1v) is 3.66. The minimum Gasteiger partial charge on any atom is -0.205 e. The van der Waals surface area contributed by atoms with Crippen LogP contribution in [0.2, 0.25) is 0 Å². The Kier molecular flexibility index (Phi) is 3.99. The van der Waals surface area contributed by atoms with Crippen LogP contribution in [-0.2, 0) is 0 Å². The van der Waals surface area contributed by atoms with Crippen LogP contribution in [0.4, 0.5) is 4.39 Å². The van der Waals surface area contributed by atoms with Gasteiger partial charge in [-0.1, -0.05) is 27.0 Å². The molecule has 0 heterocycles. The largest absolute Gasteiger partial charge is 0.205 e. The van der Waals surface area contributed by atoms with Crippen LogP contribution in [0.5, 0.6) is 0 Å². The lowest BCUT2D eigenvalue weighted by atomic mass is 10.0. The Morgan fingerprint density at radius 2 is 2.08 bits per heavy atom. The number of hydrogen-bond donors (Lipinski definition) is 0. The van der Waals surface area contributed by atoms with Crippen LogP contribution in [0.25, 0.3) is 0 Å². The summed E-state index contributed by atoms with van der Waals surface area (Å²) in [5, 5.41) is 8.47. The monoisotopic (exact) mass is 165 g/mol. The summed E-state index contributed by atoms with van der Waals surface area (Å²) >= 11 is 0. The molecule has 2 heteroatoms. The van der Waals surface area contributed by atoms with Gasteiger partial charge in [0, 0.05) is 0 Å². The number of allylic oxidation sites excluding steroid dienone is 4. The Hall–Kier alpha value is -1.36. The van der Waals surface area contributed by atoms with E-state index in [1.165, 1.54) is 6.08 Å². The SMILES string of the molecule is C=C/C(C#N)=C(/F)C(=C)C(C)C. The van der Waals surface area contributed by atoms with Gasteiger partial charge in [0.15, 0.2) is 0 Å². The molecule has 0 radical (unpaired) electrons. The lowest BCUT2D eigenvalue weighted by Crippen LogP contribution is -1.94. The summed E-state index contributed by atoms with van der Waals surface area (Å²) in [6.07, 6.45) is 1.20. The van der Waals surface area contributed by atoms with Gasteiger partial charge in [-0.05, 0) is 17.6 Å². The van der Waals surface area contributed by atoms with E-state index in [0.717, 1.165) is 0 Å². The van der Waals surface area contributed by atoms with Gasteiger partial charge < -0.3 is 0 Å². The summed E-state index contributed by atoms with van der Waals surface area (Å²) in [5.74, 6) is -0.546. The van der Waals surface area contributed by atoms with Crippen molar-refractivity contribution < 1.29 is 4.39 Å². The van der Waals surface area contributed by atoms with Crippen LogP contribution in [0.15, 0.2) is 36.2 Å². The summed E-state index contributed by atoms with van der Waals surface area (Å²) in [6, 6.07) is 1.71. The van der Waals surface area contributed by atoms with Crippen molar-refractivity contribution in [3.05, 3.63) is 36.2 Å². The summed E-state index contributed by atoms with van der Waals surface area (Å²) in [5.41, 5.74) is 0.292. The Morgan fingerprint density at radius 3 is 2.33 bits per heavy atom. The van der Waals surface area contributed by atoms with Crippen molar-refractivity contribution in [3.8, 4) is 6.07 Å². The van der Waals surface area contributed by atoms with Crippen molar-refractivity contribution >= 4 is 0 Å². The molecule has 0 aromatic rings. The van der Waals surface area contributed by atoms with Gasteiger partial charge in [-0.3, -0.25) is 0 Å². The number of nitriles is 1. The molecule has 0 fully saturated rings. The molecule has 0 saturated heterocycles. The fraction of sp³-hybridized carbons (Fsp3) is 0.300. The van der Waals surface area contributed by atoms with Gasteiger partial charge in [-0.15, -0.1) is 0 Å². The quantitative estimate of drug-likeness (QED) is 0.465. The smallest absolute Gasteiger partial charge is 0.143 e. The molecule has 0 atom stereocenters. The van der Waals surface area contributed by atoms with E-state index in [1.54, 1.807) is 6.07 Å². The van der Waals surface area contributed by atoms with E-state index in [4.69, 9.17) is 5.26 Å². The molecule has 0 spiro atoms. The average molecular weight is 165 g/mol. The molecule has 0 aromatic heterocycles. The van der Waals surface area contributed by atoms with E-state index in [0.29, 0.717) is 5.57 Å². The fourth-order valence-corrected chi connectivity index (χ4v) is 0.611. The van der Waals surface area contributed by atoms with Crippen LogP contribution in [0.3, 0.4) is 0 Å². The van der Waals surface area contributed by atoms with Crippen molar-refractivity contribution in [2.45, 2.75) is 13.8 Å². The van der Waals surface area contributed by atoms with Gasteiger partial charge in [0.05, 0.1) is 5.57 Å². The first-order chi connectivity index (χ1) is 5.54. The number of hydrogen-bond acceptors (Lipinski definition) is 1. The van der Waals surface area contributed by atoms with E-state index in [2.05, 4.69) is 13.2 Å². The Labute approximate surface area is 72.5 Å². The molecule has 0 bridgehead atoms. The zero-order valence-electron chi connectivity index (χ0n) is 7.39. The van der Waals surface area contributed by atoms with Crippen molar-refractivity contribution in [1.29, 1.82) is 5.26 Å². The van der Waals surface area contributed by atoms with Gasteiger partial charge >= 0.3 is 0 Å². The van der Waals surface area contributed by atoms with Crippen molar-refractivity contribution in [2.75, 3.05) is 0 Å². The molecule has 0 aromatic carbocycles. The van der Waals surface area contributed by atoms with Crippen molar-refractivity contribution in [2.24, 2.45) is 5.92 Å². The van der Waals surface area contributed by atoms with Crippen LogP contribution >= 0.6 is 0 Å². The van der Waals surface area contributed by atoms with Gasteiger partial charge in [0.25, 0.3) is 0 Å². The van der Waals surface area contributed by atoms with Crippen LogP contribution in [0.1, 0.15) is 13.8 Å². The molecule has 0 saturated carbocycles. The highest BCUT2D eigenvalue weighted by molar-refractivity contribution is 5.42. The lowest BCUT2D eigenvalue weighted by Gasteiger charge is -2.06. The van der Waals surface area contributed by atoms with Gasteiger partial charge in [0.2, 0.25) is 0 Å². The molecular weight excluding hydrogens is 153 g/mol. The number of rotatable bonds is 3. The minimum absolute atomic E-state index is 0.00769. The van der Waals surface area contributed by atoms with E-state index in [-0.39, 0.29) is 11.5 Å². The fourth-order valence-electron chi connectivity index (χ4n) is 0.611. The Morgan fingerprint density at radius 1 is 1.58 bits per heavy atom. The van der Waals surface area contributed by atoms with Gasteiger partial charge in [-0.25, -0.2) is 4.39 Å². The Balaban J connectivity index is 4.91. The zero-order valence-corrected chi connectivity index (χ0v) is 7.39. The summed E-state index contributed by atoms with van der Waals surface area (Å²) in [6.45, 7) is 10.5. The Bertz CT molecular complexity index is 266. The second-order valence-electron chi connectivity index (χ2n) is 2.72. The third kappa shape index (κ3) is 2.35. The predicted molar refractivity (Wildman–Crippen MR) is 47.9 cm³/mol. The maximum atomic E-state index is 13.2. The number of nitrogens with zero attached hydrogens (tertiary/aromatic N) is 1. The highest BCUT2D eigenvalue weighted by Gasteiger charge is 2.09. The minimum atomic E-state index is -0.553. The zero-order chi connectivity index (χ0) is 9.72. The lowest BCUT2D eigenvalue weighted by molar-refractivity contribution is 0.606. The topological polar surface area (TPSA) is 23.8 Å². The second kappa shape index (κ2) is 4.50. The highest BCUT2D eigenvalue weighted by Crippen LogP contribution is 2.21. The average Bonchev–Trinajstić information content (AvgIpc) is 2.05. The second-order valence-corrected chi connectivity index (χ2v) is 2.72. The normalized spacial score (nSPS) is 11.9. The maximum Gasteiger partial charge on any atom is 0.143 e. The van der Waals surface area contributed by atoms with E-state index >= 15 is 0 Å². The molecule has 12 heavy (non-hydrogen) atoms. The van der Waals surface area contributed by atoms with E-state index in [1.807, 2.05) is 13.8 Å². The van der Waals surface area contributed by atoms with Crippen molar-refractivity contribution in [3.63, 3.8) is 0 Å². The van der Waals surface area contributed by atoms with E-state index < -0.39 is 5.83 Å². The molecule has 0 amide bonds. The summed E-state index contributed by atoms with van der Waals surface area (Å²) < 4.78 is 13.2. The maximum absolute atomic E-state index is 13.2. The van der Waals surface area contributed by atoms with Crippen LogP contribution < -0.4 is 0 Å². The summed E-state index contributed by atoms with van der Waals surface area (Å²) in [4.78, 5) is 0. The van der Waals surface area contributed by atoms with Gasteiger partial charge in [0.1, 0.15) is 11.9 Å². The third-order valence-electron chi connectivity index (χ3n) is 1.54. The molecule has 0 unspecified atom stereocenters. The predicted octanol–water partition coefficient (Wildman–Crippen LogP) is 3.13. The molecule has 0 N–H and O–H groups in total. The van der Waals surface area contributed by atoms with Crippen LogP contribution in [0, 0.1) is 17.2 Å². The van der Waals surface area contributed by atoms with E-state index in [9.17, 15) is 4.39 Å². The summed E-state index contributed by atoms with van der Waals surface area (Å²) in [7, 11) is 0. The first-order valence-electron chi connectivity index (χ1n) is 3.66. The van der Waals surface area contributed by atoms with Crippen LogP contribution in [-0.4, -0.2) is 0 Å². The van der Waals surface area contributed by atoms with Crippen molar-refractivity contribution in [1.82, 2.24) is 0 Å². The molecule has 64 valence electrons. The molecular formula is C10H12FN. The third-order valence-corrected chi connectivity index (χ3v) is 1.54. The van der Waals surface area contributed by atoms with Gasteiger partial charge in [-0.2, -0.15) is 5.26 Å². The molecule has 0 aliphatic rings.